The van der Waals surface area contributed by atoms with Gasteiger partial charge in [0.2, 0.25) is 11.6 Å². The molecule has 10 heteroatoms. The Balaban J connectivity index is 1.89. The van der Waals surface area contributed by atoms with Crippen LogP contribution < -0.4 is 10.6 Å². The number of nitrogens with zero attached hydrogens (tertiary/aromatic N) is 2. The van der Waals surface area contributed by atoms with Gasteiger partial charge in [-0.3, -0.25) is 20.2 Å². The molecule has 2 saturated heterocycles. The minimum absolute atomic E-state index is 0.0607. The third-order valence-electron chi connectivity index (χ3n) is 5.11. The van der Waals surface area contributed by atoms with Crippen molar-refractivity contribution in [3.8, 4) is 0 Å². The molecule has 2 heterocycles. The zero-order valence-electron chi connectivity index (χ0n) is 17.7. The Labute approximate surface area is 175 Å². The smallest absolute Gasteiger partial charge is 0.412 e. The molecule has 0 spiro atoms. The minimum Gasteiger partial charge on any atom is -0.446 e. The molecule has 2 atom stereocenters. The normalized spacial score (nSPS) is 20.1. The van der Waals surface area contributed by atoms with Crippen LogP contribution in [0.2, 0.25) is 0 Å². The summed E-state index contributed by atoms with van der Waals surface area (Å²) >= 11 is 0. The number of ether oxygens (including phenoxy) is 2. The number of Topliss-reactive ketones (excluding diaryl/α,β-unsaturated/α-hetero) is 2. The molecule has 2 unspecified atom stereocenters. The van der Waals surface area contributed by atoms with E-state index in [2.05, 4.69) is 10.6 Å². The van der Waals surface area contributed by atoms with Crippen LogP contribution in [0.15, 0.2) is 22.8 Å². The van der Waals surface area contributed by atoms with Crippen molar-refractivity contribution >= 4 is 23.8 Å². The molecule has 2 aliphatic heterocycles. The van der Waals surface area contributed by atoms with Gasteiger partial charge >= 0.3 is 12.2 Å². The van der Waals surface area contributed by atoms with Gasteiger partial charge < -0.3 is 19.3 Å². The molecule has 0 aromatic heterocycles. The van der Waals surface area contributed by atoms with E-state index >= 15 is 0 Å². The minimum atomic E-state index is -0.794. The van der Waals surface area contributed by atoms with Gasteiger partial charge in [-0.25, -0.2) is 9.59 Å². The first-order valence-electron chi connectivity index (χ1n) is 10.3. The van der Waals surface area contributed by atoms with Gasteiger partial charge in [0.25, 0.3) is 0 Å². The van der Waals surface area contributed by atoms with Gasteiger partial charge in [0.1, 0.15) is 35.0 Å². The number of amides is 2. The zero-order chi connectivity index (χ0) is 22.0. The maximum Gasteiger partial charge on any atom is 0.412 e. The number of hydrogen-bond donors (Lipinski definition) is 2. The number of carbonyl (C=O) groups excluding carboxylic acids is 4. The first-order chi connectivity index (χ1) is 14.3. The van der Waals surface area contributed by atoms with Crippen LogP contribution in [0.3, 0.4) is 0 Å². The van der Waals surface area contributed by atoms with Crippen molar-refractivity contribution in [2.45, 2.75) is 52.7 Å². The lowest BCUT2D eigenvalue weighted by Crippen LogP contribution is -2.43. The Bertz CT molecular complexity index is 757. The number of nitrogens with one attached hydrogen (secondary N) is 2. The lowest BCUT2D eigenvalue weighted by molar-refractivity contribution is -0.118. The topological polar surface area (TPSA) is 117 Å². The number of hydrogen-bond acceptors (Lipinski definition) is 8. The lowest BCUT2D eigenvalue weighted by atomic mass is 9.98. The van der Waals surface area contributed by atoms with Crippen LogP contribution in [0.25, 0.3) is 0 Å². The van der Waals surface area contributed by atoms with E-state index < -0.39 is 23.8 Å². The third-order valence-corrected chi connectivity index (χ3v) is 5.11. The molecule has 30 heavy (non-hydrogen) atoms. The first-order valence-corrected chi connectivity index (χ1v) is 10.3. The van der Waals surface area contributed by atoms with Crippen molar-refractivity contribution in [3.63, 3.8) is 0 Å². The predicted octanol–water partition coefficient (Wildman–Crippen LogP) is 1.24. The average molecular weight is 420 g/mol. The summed E-state index contributed by atoms with van der Waals surface area (Å²) in [5.41, 5.74) is -0.113. The highest BCUT2D eigenvalue weighted by Crippen LogP contribution is 2.32. The SMILES string of the molecule is CCC(C)OC(=O)NC1=C(N2CC2)C(=O)C(NC(=O)OC(C)CC)=C(N2CC2)C1=O. The molecule has 10 nitrogen and oxygen atoms in total. The molecule has 2 amide bonds. The maximum absolute atomic E-state index is 13.3. The first kappa shape index (κ1) is 21.7. The molecule has 0 bridgehead atoms. The van der Waals surface area contributed by atoms with E-state index in [1.165, 1.54) is 0 Å². The van der Waals surface area contributed by atoms with Crippen molar-refractivity contribution in [2.75, 3.05) is 26.2 Å². The largest absolute Gasteiger partial charge is 0.446 e. The molecule has 1 aliphatic carbocycles. The van der Waals surface area contributed by atoms with Gasteiger partial charge in [0.15, 0.2) is 0 Å². The van der Waals surface area contributed by atoms with E-state index in [-0.39, 0.29) is 35.0 Å². The molecular weight excluding hydrogens is 392 g/mol. The zero-order valence-corrected chi connectivity index (χ0v) is 17.7. The van der Waals surface area contributed by atoms with Gasteiger partial charge in [-0.2, -0.15) is 0 Å². The highest BCUT2D eigenvalue weighted by Gasteiger charge is 2.45. The van der Waals surface area contributed by atoms with Crippen molar-refractivity contribution in [1.29, 1.82) is 0 Å². The molecule has 0 aromatic carbocycles. The average Bonchev–Trinajstić information content (AvgIpc) is 3.59. The van der Waals surface area contributed by atoms with Crippen LogP contribution in [-0.4, -0.2) is 71.9 Å². The summed E-state index contributed by atoms with van der Waals surface area (Å²) in [6.07, 6.45) is -1.03. The summed E-state index contributed by atoms with van der Waals surface area (Å²) in [5, 5.41) is 4.93. The summed E-state index contributed by atoms with van der Waals surface area (Å²) in [5.74, 6) is -1.07. The molecular formula is C20H28N4O6. The number of rotatable bonds is 8. The van der Waals surface area contributed by atoms with E-state index in [1.54, 1.807) is 23.6 Å². The summed E-state index contributed by atoms with van der Waals surface area (Å²) in [6.45, 7) is 9.50. The van der Waals surface area contributed by atoms with Crippen molar-refractivity contribution in [3.05, 3.63) is 22.8 Å². The molecule has 0 aromatic rings. The van der Waals surface area contributed by atoms with Crippen LogP contribution >= 0.6 is 0 Å². The molecule has 164 valence electrons. The van der Waals surface area contributed by atoms with E-state index in [1.807, 2.05) is 13.8 Å². The van der Waals surface area contributed by atoms with E-state index in [0.29, 0.717) is 39.0 Å². The quantitative estimate of drug-likeness (QED) is 0.445. The fourth-order valence-electron chi connectivity index (χ4n) is 2.86. The van der Waals surface area contributed by atoms with E-state index in [0.717, 1.165) is 0 Å². The second-order valence-corrected chi connectivity index (χ2v) is 7.58. The Morgan fingerprint density at radius 2 is 1.13 bits per heavy atom. The Morgan fingerprint density at radius 1 is 0.800 bits per heavy atom. The van der Waals surface area contributed by atoms with Crippen molar-refractivity contribution in [1.82, 2.24) is 20.4 Å². The Kier molecular flexibility index (Phi) is 6.33. The van der Waals surface area contributed by atoms with Crippen molar-refractivity contribution < 1.29 is 28.7 Å². The lowest BCUT2D eigenvalue weighted by Gasteiger charge is -2.26. The Morgan fingerprint density at radius 3 is 1.40 bits per heavy atom. The predicted molar refractivity (Wildman–Crippen MR) is 106 cm³/mol. The monoisotopic (exact) mass is 420 g/mol. The maximum atomic E-state index is 13.3. The van der Waals surface area contributed by atoms with Gasteiger partial charge in [0, 0.05) is 26.2 Å². The standard InChI is InChI=1S/C20H28N4O6/c1-5-11(3)29-19(27)21-13-15(23-7-8-23)18(26)14(16(17(13)25)24-9-10-24)22-20(28)30-12(4)6-2/h11-12H,5-10H2,1-4H3,(H,21,27)(H,22,28). The fourth-order valence-corrected chi connectivity index (χ4v) is 2.86. The van der Waals surface area contributed by atoms with Crippen LogP contribution in [0.5, 0.6) is 0 Å². The van der Waals surface area contributed by atoms with Crippen LogP contribution in [0.1, 0.15) is 40.5 Å². The van der Waals surface area contributed by atoms with Crippen LogP contribution in [-0.2, 0) is 19.1 Å². The molecule has 0 saturated carbocycles. The third kappa shape index (κ3) is 4.74. The number of carbonyl (C=O) groups is 4. The summed E-state index contributed by atoms with van der Waals surface area (Å²) < 4.78 is 10.4. The van der Waals surface area contributed by atoms with E-state index in [4.69, 9.17) is 9.47 Å². The van der Waals surface area contributed by atoms with Gasteiger partial charge in [-0.05, 0) is 26.7 Å². The number of alkyl carbamates (subject to hydrolysis) is 2. The second kappa shape index (κ2) is 8.76. The summed E-state index contributed by atoms with van der Waals surface area (Å²) in [4.78, 5) is 54.4. The van der Waals surface area contributed by atoms with Crippen molar-refractivity contribution in [2.24, 2.45) is 0 Å². The van der Waals surface area contributed by atoms with Crippen LogP contribution in [0.4, 0.5) is 9.59 Å². The van der Waals surface area contributed by atoms with E-state index in [9.17, 15) is 19.2 Å². The molecule has 3 rings (SSSR count). The van der Waals surface area contributed by atoms with Gasteiger partial charge in [-0.15, -0.1) is 0 Å². The van der Waals surface area contributed by atoms with Crippen LogP contribution in [0, 0.1) is 0 Å². The Hall–Kier alpha value is -3.04. The van der Waals surface area contributed by atoms with Gasteiger partial charge in [-0.1, -0.05) is 13.8 Å². The molecule has 3 aliphatic rings. The highest BCUT2D eigenvalue weighted by atomic mass is 16.6. The molecule has 2 N–H and O–H groups in total. The summed E-state index contributed by atoms with van der Waals surface area (Å²) in [7, 11) is 0. The fraction of sp³-hybridized carbons (Fsp3) is 0.600. The van der Waals surface area contributed by atoms with Gasteiger partial charge in [0.05, 0.1) is 0 Å². The second-order valence-electron chi connectivity index (χ2n) is 7.58. The molecule has 0 radical (unpaired) electrons. The highest BCUT2D eigenvalue weighted by molar-refractivity contribution is 6.26. The summed E-state index contributed by atoms with van der Waals surface area (Å²) in [6, 6.07) is 0. The number of ketones is 2. The molecule has 2 fully saturated rings.